The van der Waals surface area contributed by atoms with Crippen LogP contribution < -0.4 is 20.2 Å². The minimum absolute atomic E-state index is 0.888. The molecule has 0 saturated heterocycles. The van der Waals surface area contributed by atoms with Gasteiger partial charge in [0.15, 0.2) is 5.58 Å². The summed E-state index contributed by atoms with van der Waals surface area (Å²) in [5.41, 5.74) is 15.8. The molecule has 2 heterocycles. The third-order valence-corrected chi connectivity index (χ3v) is 18.7. The number of anilines is 6. The maximum absolute atomic E-state index is 6.69. The molecule has 1 aromatic heterocycles. The van der Waals surface area contributed by atoms with Crippen LogP contribution in [0, 0.1) is 0 Å². The molecule has 0 unspecified atom stereocenters. The Morgan fingerprint density at radius 2 is 0.833 bits per heavy atom. The number of rotatable bonds is 8. The largest absolute Gasteiger partial charge is 0.454 e. The highest BCUT2D eigenvalue weighted by atomic mass is 28.3. The van der Waals surface area contributed by atoms with Crippen LogP contribution in [0.15, 0.2) is 259 Å². The number of benzene rings is 12. The smallest absolute Gasteiger partial charge is 0.159 e. The number of furan rings is 1. The van der Waals surface area contributed by atoms with Gasteiger partial charge in [-0.3, -0.25) is 0 Å². The van der Waals surface area contributed by atoms with Gasteiger partial charge >= 0.3 is 0 Å². The molecule has 0 spiro atoms. The van der Waals surface area contributed by atoms with Crippen molar-refractivity contribution in [3.05, 3.63) is 255 Å². The van der Waals surface area contributed by atoms with E-state index in [1.165, 1.54) is 76.1 Å². The Labute approximate surface area is 420 Å². The summed E-state index contributed by atoms with van der Waals surface area (Å²) in [4.78, 5) is 4.77. The average molecular weight is 937 g/mol. The minimum Gasteiger partial charge on any atom is -0.454 e. The number of hydrogen-bond donors (Lipinski definition) is 0. The summed E-state index contributed by atoms with van der Waals surface area (Å²) in [6.07, 6.45) is 0. The molecule has 0 N–H and O–H groups in total. The molecule has 0 radical (unpaired) electrons. The summed E-state index contributed by atoms with van der Waals surface area (Å²) in [6.45, 7) is 5.07. The zero-order valence-electron chi connectivity index (χ0n) is 40.1. The minimum atomic E-state index is -2.29. The van der Waals surface area contributed by atoms with Gasteiger partial charge in [0, 0.05) is 39.1 Å². The van der Waals surface area contributed by atoms with E-state index in [2.05, 4.69) is 272 Å². The monoisotopic (exact) mass is 936 g/mol. The summed E-state index contributed by atoms with van der Waals surface area (Å²) in [5, 5.41) is 12.9. The Kier molecular flexibility index (Phi) is 9.67. The molecule has 13 aromatic rings. The Hall–Kier alpha value is -8.96. The van der Waals surface area contributed by atoms with E-state index in [0.717, 1.165) is 56.1 Å². The maximum Gasteiger partial charge on any atom is 0.159 e. The lowest BCUT2D eigenvalue weighted by Crippen LogP contribution is -2.56. The van der Waals surface area contributed by atoms with Crippen molar-refractivity contribution in [3.8, 4) is 33.4 Å². The average Bonchev–Trinajstić information content (AvgIpc) is 3.83. The van der Waals surface area contributed by atoms with Crippen molar-refractivity contribution in [1.29, 1.82) is 0 Å². The predicted octanol–water partition coefficient (Wildman–Crippen LogP) is 18.1. The van der Waals surface area contributed by atoms with Crippen LogP contribution in [0.2, 0.25) is 13.1 Å². The van der Waals surface area contributed by atoms with Gasteiger partial charge < -0.3 is 14.2 Å². The van der Waals surface area contributed by atoms with Crippen molar-refractivity contribution in [2.24, 2.45) is 0 Å². The molecule has 14 rings (SSSR count). The molecule has 0 atom stereocenters. The number of hydrogen-bond acceptors (Lipinski definition) is 3. The van der Waals surface area contributed by atoms with Gasteiger partial charge in [-0.05, 0) is 149 Å². The molecule has 12 aromatic carbocycles. The van der Waals surface area contributed by atoms with Crippen LogP contribution in [0.25, 0.3) is 87.6 Å². The predicted molar refractivity (Wildman–Crippen MR) is 309 cm³/mol. The third-order valence-electron chi connectivity index (χ3n) is 15.2. The summed E-state index contributed by atoms with van der Waals surface area (Å²) in [5.74, 6) is 0. The van der Waals surface area contributed by atoms with Gasteiger partial charge in [0.05, 0.1) is 11.4 Å². The van der Waals surface area contributed by atoms with Crippen molar-refractivity contribution >= 4 is 107 Å². The van der Waals surface area contributed by atoms with Crippen LogP contribution in [-0.2, 0) is 0 Å². The molecule has 72 heavy (non-hydrogen) atoms. The highest BCUT2D eigenvalue weighted by Gasteiger charge is 2.37. The van der Waals surface area contributed by atoms with E-state index in [9.17, 15) is 0 Å². The van der Waals surface area contributed by atoms with Gasteiger partial charge in [-0.25, -0.2) is 0 Å². The van der Waals surface area contributed by atoms with E-state index in [1.54, 1.807) is 0 Å². The van der Waals surface area contributed by atoms with E-state index >= 15 is 0 Å². The number of para-hydroxylation sites is 5. The van der Waals surface area contributed by atoms with Gasteiger partial charge in [-0.15, -0.1) is 0 Å². The molecule has 1 aliphatic heterocycles. The molecule has 3 nitrogen and oxygen atoms in total. The van der Waals surface area contributed by atoms with E-state index in [4.69, 9.17) is 4.42 Å². The van der Waals surface area contributed by atoms with Crippen molar-refractivity contribution in [2.75, 3.05) is 9.80 Å². The zero-order chi connectivity index (χ0) is 47.9. The summed E-state index contributed by atoms with van der Waals surface area (Å²) in [7, 11) is -2.29. The molecular formula is C68H48N2OSi. The number of fused-ring (bicyclic) bond motifs is 9. The Bertz CT molecular complexity index is 4240. The summed E-state index contributed by atoms with van der Waals surface area (Å²) >= 11 is 0. The van der Waals surface area contributed by atoms with Crippen LogP contribution in [0.1, 0.15) is 0 Å². The van der Waals surface area contributed by atoms with Gasteiger partial charge in [-0.1, -0.05) is 189 Å². The second-order valence-corrected chi connectivity index (χ2v) is 23.9. The maximum atomic E-state index is 6.69. The lowest BCUT2D eigenvalue weighted by molar-refractivity contribution is 0.669. The molecule has 0 bridgehead atoms. The van der Waals surface area contributed by atoms with Crippen LogP contribution in [0.4, 0.5) is 34.1 Å². The topological polar surface area (TPSA) is 19.6 Å². The van der Waals surface area contributed by atoms with E-state index in [1.807, 2.05) is 6.07 Å². The van der Waals surface area contributed by atoms with Gasteiger partial charge in [0.1, 0.15) is 13.7 Å². The molecular weight excluding hydrogens is 889 g/mol. The first-order valence-electron chi connectivity index (χ1n) is 24.9. The first-order valence-corrected chi connectivity index (χ1v) is 27.9. The van der Waals surface area contributed by atoms with Gasteiger partial charge in [0.25, 0.3) is 0 Å². The summed E-state index contributed by atoms with van der Waals surface area (Å²) in [6, 6.07) is 93.2. The van der Waals surface area contributed by atoms with Crippen molar-refractivity contribution in [1.82, 2.24) is 0 Å². The fourth-order valence-corrected chi connectivity index (χ4v) is 14.9. The van der Waals surface area contributed by atoms with E-state index < -0.39 is 8.07 Å². The first kappa shape index (κ1) is 42.0. The standard InChI is InChI=1S/C68H48N2OSi/c1-72(2)65-35-19-30-56-60-43-58(46-36-38-49(39-37-46)69(47-22-8-4-9-23-47)62-32-16-14-26-51(62)45-20-6-3-7-21-45)52-27-12-13-28-53(52)59(60)44-61(67(56)65)55-41-40-50(42-66(55)72)70(48-24-10-5-11-25-48)63-33-18-31-57-54-29-15-17-34-64(54)71-68(57)63/h3-44H,1-2H3. The molecule has 340 valence electrons. The molecule has 0 aliphatic carbocycles. The Morgan fingerprint density at radius 3 is 1.60 bits per heavy atom. The lowest BCUT2D eigenvalue weighted by Gasteiger charge is -2.35. The van der Waals surface area contributed by atoms with Crippen LogP contribution in [0.3, 0.4) is 0 Å². The SMILES string of the molecule is C[Si]1(C)c2cc(N(c3ccccc3)c3cccc4c3oc3ccccc34)ccc2-c2cc3c4ccccc4c(-c4ccc(N(c5ccccc5)c5ccccc5-c5ccccc5)cc4)cc3c3cccc1c23. The summed E-state index contributed by atoms with van der Waals surface area (Å²) < 4.78 is 6.69. The van der Waals surface area contributed by atoms with E-state index in [-0.39, 0.29) is 0 Å². The molecule has 0 saturated carbocycles. The molecule has 1 aliphatic rings. The third kappa shape index (κ3) is 6.57. The number of nitrogens with zero attached hydrogens (tertiary/aromatic N) is 2. The molecule has 0 amide bonds. The van der Waals surface area contributed by atoms with Crippen LogP contribution in [-0.4, -0.2) is 8.07 Å². The lowest BCUT2D eigenvalue weighted by atomic mass is 9.87. The van der Waals surface area contributed by atoms with Crippen molar-refractivity contribution in [2.45, 2.75) is 13.1 Å². The van der Waals surface area contributed by atoms with Gasteiger partial charge in [-0.2, -0.15) is 0 Å². The normalized spacial score (nSPS) is 12.7. The Morgan fingerprint density at radius 1 is 0.306 bits per heavy atom. The van der Waals surface area contributed by atoms with Crippen LogP contribution in [0.5, 0.6) is 0 Å². The van der Waals surface area contributed by atoms with E-state index in [0.29, 0.717) is 0 Å². The molecule has 4 heteroatoms. The van der Waals surface area contributed by atoms with Crippen LogP contribution >= 0.6 is 0 Å². The Balaban J connectivity index is 0.922. The second kappa shape index (κ2) is 16.6. The second-order valence-electron chi connectivity index (χ2n) is 19.6. The molecule has 0 fully saturated rings. The fourth-order valence-electron chi connectivity index (χ4n) is 11.8. The van der Waals surface area contributed by atoms with Crippen molar-refractivity contribution < 1.29 is 4.42 Å². The fraction of sp³-hybridized carbons (Fsp3) is 0.0294. The first-order chi connectivity index (χ1) is 35.5. The highest BCUT2D eigenvalue weighted by molar-refractivity contribution is 7.03. The van der Waals surface area contributed by atoms with Gasteiger partial charge in [0.2, 0.25) is 0 Å². The van der Waals surface area contributed by atoms with Crippen molar-refractivity contribution in [3.63, 3.8) is 0 Å². The highest BCUT2D eigenvalue weighted by Crippen LogP contribution is 2.47. The quantitative estimate of drug-likeness (QED) is 0.112. The zero-order valence-corrected chi connectivity index (χ0v) is 41.1.